The molecule has 3 rings (SSSR count). The summed E-state index contributed by atoms with van der Waals surface area (Å²) in [4.78, 5) is 9.08. The monoisotopic (exact) mass is 509 g/mol. The Balaban J connectivity index is 1.95. The first kappa shape index (κ1) is 25.4. The van der Waals surface area contributed by atoms with Crippen molar-refractivity contribution in [2.45, 2.75) is 25.3 Å². The van der Waals surface area contributed by atoms with Crippen molar-refractivity contribution >= 4 is 50.5 Å². The Kier molecular flexibility index (Phi) is 7.78. The van der Waals surface area contributed by atoms with Crippen LogP contribution in [0.4, 0.5) is 17.1 Å². The lowest BCUT2D eigenvalue weighted by Crippen LogP contribution is -2.38. The van der Waals surface area contributed by atoms with E-state index in [0.717, 1.165) is 11.8 Å². The highest BCUT2D eigenvalue weighted by Gasteiger charge is 2.27. The third-order valence-electron chi connectivity index (χ3n) is 4.99. The molecule has 2 atom stereocenters. The summed E-state index contributed by atoms with van der Waals surface area (Å²) in [5, 5.41) is 5.73. The summed E-state index contributed by atoms with van der Waals surface area (Å²) in [6, 6.07) is 8.26. The van der Waals surface area contributed by atoms with Crippen molar-refractivity contribution in [3.63, 3.8) is 0 Å². The molecule has 0 aromatic heterocycles. The minimum Gasteiger partial charge on any atom is -0.497 e. The van der Waals surface area contributed by atoms with Crippen LogP contribution in [-0.4, -0.2) is 59.2 Å². The van der Waals surface area contributed by atoms with Crippen molar-refractivity contribution in [2.75, 3.05) is 42.9 Å². The second-order valence-electron chi connectivity index (χ2n) is 7.65. The van der Waals surface area contributed by atoms with Crippen LogP contribution in [0.1, 0.15) is 12.5 Å². The van der Waals surface area contributed by atoms with Crippen LogP contribution in [0.5, 0.6) is 17.2 Å². The number of amidine groups is 1. The topological polar surface area (TPSA) is 123 Å². The van der Waals surface area contributed by atoms with Gasteiger partial charge < -0.3 is 24.8 Å². The predicted molar refractivity (Wildman–Crippen MR) is 137 cm³/mol. The maximum absolute atomic E-state index is 11.9. The SMILES string of the molecule is COc1ccc(NC2=NC(Nc3cc(OC)c(C)cc3OC)=NC(C)C2Cl)c(NS(C)(=O)=O)c1. The molecule has 2 aromatic carbocycles. The van der Waals surface area contributed by atoms with Gasteiger partial charge in [0.25, 0.3) is 0 Å². The molecule has 0 spiro atoms. The zero-order valence-electron chi connectivity index (χ0n) is 19.8. The molecule has 12 heteroatoms. The Hall–Kier alpha value is -3.18. The number of guanidine groups is 1. The van der Waals surface area contributed by atoms with Crippen molar-refractivity contribution in [1.29, 1.82) is 0 Å². The van der Waals surface area contributed by atoms with Crippen LogP contribution in [0.3, 0.4) is 0 Å². The van der Waals surface area contributed by atoms with E-state index in [2.05, 4.69) is 25.3 Å². The van der Waals surface area contributed by atoms with Gasteiger partial charge in [0.1, 0.15) is 28.5 Å². The lowest BCUT2D eigenvalue weighted by molar-refractivity contribution is 0.402. The van der Waals surface area contributed by atoms with Crippen LogP contribution >= 0.6 is 11.6 Å². The van der Waals surface area contributed by atoms with Gasteiger partial charge in [-0.05, 0) is 37.6 Å². The Morgan fingerprint density at radius 2 is 1.65 bits per heavy atom. The number of methoxy groups -OCH3 is 3. The van der Waals surface area contributed by atoms with E-state index in [-0.39, 0.29) is 6.04 Å². The molecule has 1 aliphatic rings. The van der Waals surface area contributed by atoms with Gasteiger partial charge >= 0.3 is 0 Å². The Bertz CT molecular complexity index is 1230. The van der Waals surface area contributed by atoms with Crippen molar-refractivity contribution in [2.24, 2.45) is 9.98 Å². The third-order valence-corrected chi connectivity index (χ3v) is 6.15. The summed E-state index contributed by atoms with van der Waals surface area (Å²) >= 11 is 6.59. The van der Waals surface area contributed by atoms with Crippen LogP contribution in [0.25, 0.3) is 0 Å². The van der Waals surface area contributed by atoms with Crippen LogP contribution in [0.2, 0.25) is 0 Å². The van der Waals surface area contributed by atoms with Crippen molar-refractivity contribution < 1.29 is 22.6 Å². The quantitative estimate of drug-likeness (QED) is 0.486. The normalized spacial score (nSPS) is 17.9. The summed E-state index contributed by atoms with van der Waals surface area (Å²) < 4.78 is 42.3. The van der Waals surface area contributed by atoms with Gasteiger partial charge in [0.2, 0.25) is 16.0 Å². The van der Waals surface area contributed by atoms with E-state index in [4.69, 9.17) is 25.8 Å². The molecule has 184 valence electrons. The van der Waals surface area contributed by atoms with Gasteiger partial charge in [-0.3, -0.25) is 4.72 Å². The molecule has 10 nitrogen and oxygen atoms in total. The number of hydrogen-bond acceptors (Lipinski definition) is 9. The minimum absolute atomic E-state index is 0.294. The molecule has 0 saturated heterocycles. The van der Waals surface area contributed by atoms with Crippen molar-refractivity contribution in [1.82, 2.24) is 0 Å². The molecule has 0 fully saturated rings. The predicted octanol–water partition coefficient (Wildman–Crippen LogP) is 3.68. The molecule has 1 aliphatic heterocycles. The summed E-state index contributed by atoms with van der Waals surface area (Å²) in [5.41, 5.74) is 2.29. The first-order valence-electron chi connectivity index (χ1n) is 10.3. The van der Waals surface area contributed by atoms with E-state index < -0.39 is 15.4 Å². The molecule has 2 aromatic rings. The average molecular weight is 510 g/mol. The van der Waals surface area contributed by atoms with Gasteiger partial charge in [0.15, 0.2) is 0 Å². The number of alkyl halides is 1. The number of aliphatic imine (C=N–C) groups is 2. The number of aryl methyl sites for hydroxylation is 1. The lowest BCUT2D eigenvalue weighted by atomic mass is 10.1. The molecule has 1 heterocycles. The fourth-order valence-corrected chi connectivity index (χ4v) is 4.03. The maximum Gasteiger partial charge on any atom is 0.229 e. The number of benzene rings is 2. The fourth-order valence-electron chi connectivity index (χ4n) is 3.30. The average Bonchev–Trinajstić information content (AvgIpc) is 2.77. The van der Waals surface area contributed by atoms with E-state index >= 15 is 0 Å². The van der Waals surface area contributed by atoms with Gasteiger partial charge in [-0.1, -0.05) is 0 Å². The van der Waals surface area contributed by atoms with Crippen LogP contribution in [-0.2, 0) is 10.0 Å². The first-order chi connectivity index (χ1) is 16.0. The lowest BCUT2D eigenvalue weighted by Gasteiger charge is -2.25. The molecular formula is C22H28ClN5O5S. The van der Waals surface area contributed by atoms with Gasteiger partial charge in [-0.15, -0.1) is 11.6 Å². The van der Waals surface area contributed by atoms with Crippen LogP contribution in [0, 0.1) is 6.92 Å². The molecule has 0 radical (unpaired) electrons. The highest BCUT2D eigenvalue weighted by atomic mass is 35.5. The minimum atomic E-state index is -3.54. The molecule has 0 aliphatic carbocycles. The summed E-state index contributed by atoms with van der Waals surface area (Å²) in [6.45, 7) is 3.77. The smallest absolute Gasteiger partial charge is 0.229 e. The van der Waals surface area contributed by atoms with Crippen molar-refractivity contribution in [3.8, 4) is 17.2 Å². The van der Waals surface area contributed by atoms with Crippen LogP contribution < -0.4 is 29.6 Å². The number of anilines is 3. The summed E-state index contributed by atoms with van der Waals surface area (Å²) in [5.74, 6) is 2.47. The zero-order valence-corrected chi connectivity index (χ0v) is 21.3. The molecule has 0 bridgehead atoms. The molecule has 3 N–H and O–H groups in total. The second kappa shape index (κ2) is 10.4. The van der Waals surface area contributed by atoms with Crippen LogP contribution in [0.15, 0.2) is 40.3 Å². The highest BCUT2D eigenvalue weighted by molar-refractivity contribution is 7.92. The van der Waals surface area contributed by atoms with E-state index in [9.17, 15) is 8.42 Å². The first-order valence-corrected chi connectivity index (χ1v) is 12.6. The number of nitrogens with one attached hydrogen (secondary N) is 3. The van der Waals surface area contributed by atoms with Crippen molar-refractivity contribution in [3.05, 3.63) is 35.9 Å². The van der Waals surface area contributed by atoms with Gasteiger partial charge in [0, 0.05) is 12.1 Å². The fraction of sp³-hybridized carbons (Fsp3) is 0.364. The van der Waals surface area contributed by atoms with E-state index in [0.29, 0.717) is 46.1 Å². The maximum atomic E-state index is 11.9. The Labute approximate surface area is 204 Å². The summed E-state index contributed by atoms with van der Waals surface area (Å²) in [6.07, 6.45) is 1.07. The number of rotatable bonds is 7. The Morgan fingerprint density at radius 3 is 2.26 bits per heavy atom. The Morgan fingerprint density at radius 1 is 0.941 bits per heavy atom. The highest BCUT2D eigenvalue weighted by Crippen LogP contribution is 2.33. The van der Waals surface area contributed by atoms with E-state index in [1.165, 1.54) is 7.11 Å². The van der Waals surface area contributed by atoms with E-state index in [1.807, 2.05) is 19.9 Å². The number of nitrogens with zero attached hydrogens (tertiary/aromatic N) is 2. The van der Waals surface area contributed by atoms with E-state index in [1.54, 1.807) is 38.5 Å². The number of sulfonamides is 1. The zero-order chi connectivity index (χ0) is 25.0. The molecular weight excluding hydrogens is 482 g/mol. The van der Waals surface area contributed by atoms with Gasteiger partial charge in [-0.2, -0.15) is 4.99 Å². The molecule has 0 amide bonds. The molecule has 2 unspecified atom stereocenters. The van der Waals surface area contributed by atoms with Gasteiger partial charge in [0.05, 0.1) is 50.7 Å². The standard InChI is InChI=1S/C22H28ClN5O5S/c1-12-9-19(33-5)17(11-18(12)32-4)26-22-24-13(2)20(23)21(27-22)25-15-8-7-14(31-3)10-16(15)28-34(6,29)30/h7-11,13,20,28H,1-6H3,(H2,24,25,26,27). The molecule has 34 heavy (non-hydrogen) atoms. The third kappa shape index (κ3) is 6.03. The number of hydrogen-bond donors (Lipinski definition) is 3. The number of halogens is 1. The molecule has 0 saturated carbocycles. The summed E-state index contributed by atoms with van der Waals surface area (Å²) in [7, 11) is 1.12. The number of ether oxygens (including phenoxy) is 3. The largest absolute Gasteiger partial charge is 0.497 e. The van der Waals surface area contributed by atoms with Gasteiger partial charge in [-0.25, -0.2) is 13.4 Å². The second-order valence-corrected chi connectivity index (χ2v) is 9.87.